The number of Topliss-reactive ketones (excluding diaryl/α,β-unsaturated/α-hetero) is 1. The molecule has 4 rings (SSSR count). The first-order chi connectivity index (χ1) is 12.6. The van der Waals surface area contributed by atoms with Gasteiger partial charge in [0.1, 0.15) is 0 Å². The molecule has 26 heavy (non-hydrogen) atoms. The van der Waals surface area contributed by atoms with Crippen LogP contribution in [0, 0.1) is 0 Å². The number of amides is 1. The normalized spacial score (nSPS) is 14.5. The summed E-state index contributed by atoms with van der Waals surface area (Å²) in [7, 11) is 0. The molecule has 0 aliphatic carbocycles. The Kier molecular flexibility index (Phi) is 4.41. The fourth-order valence-electron chi connectivity index (χ4n) is 2.61. The standard InChI is InChI=1S/C20H12ClNO3S/c21-13-7-9-14(10-8-13)22(20(24)16-5-3-11-25-16)12-18-19(23)15-4-1-2-6-17(15)26-18/h1-12H/b18-12+. The minimum atomic E-state index is -0.367. The molecule has 0 fully saturated rings. The van der Waals surface area contributed by atoms with E-state index in [0.717, 1.165) is 4.90 Å². The van der Waals surface area contributed by atoms with E-state index >= 15 is 0 Å². The van der Waals surface area contributed by atoms with Gasteiger partial charge in [0.2, 0.25) is 5.78 Å². The fraction of sp³-hybridized carbons (Fsp3) is 0. The lowest BCUT2D eigenvalue weighted by Gasteiger charge is -2.18. The number of carbonyl (C=O) groups is 2. The van der Waals surface area contributed by atoms with E-state index in [4.69, 9.17) is 16.0 Å². The van der Waals surface area contributed by atoms with Crippen molar-refractivity contribution in [2.75, 3.05) is 4.90 Å². The summed E-state index contributed by atoms with van der Waals surface area (Å²) < 4.78 is 5.24. The minimum Gasteiger partial charge on any atom is -0.459 e. The maximum Gasteiger partial charge on any atom is 0.298 e. The second-order valence-electron chi connectivity index (χ2n) is 5.55. The second-order valence-corrected chi connectivity index (χ2v) is 7.07. The number of carbonyl (C=O) groups excluding carboxylic acids is 2. The highest BCUT2D eigenvalue weighted by Crippen LogP contribution is 2.40. The molecule has 128 valence electrons. The summed E-state index contributed by atoms with van der Waals surface area (Å²) in [5.74, 6) is -0.282. The molecule has 1 aliphatic heterocycles. The molecule has 0 radical (unpaired) electrons. The number of benzene rings is 2. The molecule has 0 bridgehead atoms. The van der Waals surface area contributed by atoms with Crippen LogP contribution >= 0.6 is 23.4 Å². The van der Waals surface area contributed by atoms with Gasteiger partial charge in [-0.05, 0) is 48.5 Å². The fourth-order valence-corrected chi connectivity index (χ4v) is 3.76. The van der Waals surface area contributed by atoms with Gasteiger partial charge in [-0.3, -0.25) is 14.5 Å². The lowest BCUT2D eigenvalue weighted by molar-refractivity contribution is 0.0971. The number of hydrogen-bond donors (Lipinski definition) is 0. The van der Waals surface area contributed by atoms with Crippen LogP contribution in [0.3, 0.4) is 0 Å². The lowest BCUT2D eigenvalue weighted by atomic mass is 10.1. The number of allylic oxidation sites excluding steroid dienone is 1. The van der Waals surface area contributed by atoms with Gasteiger partial charge in [0.25, 0.3) is 5.91 Å². The van der Waals surface area contributed by atoms with Crippen molar-refractivity contribution in [1.82, 2.24) is 0 Å². The van der Waals surface area contributed by atoms with E-state index in [1.807, 2.05) is 18.2 Å². The number of halogens is 1. The van der Waals surface area contributed by atoms with Gasteiger partial charge in [0.05, 0.1) is 11.2 Å². The zero-order valence-electron chi connectivity index (χ0n) is 13.4. The molecular weight excluding hydrogens is 370 g/mol. The SMILES string of the molecule is O=C1/C(=C\N(C(=O)c2ccco2)c2ccc(Cl)cc2)Sc2ccccc21. The summed E-state index contributed by atoms with van der Waals surface area (Å²) in [5.41, 5.74) is 1.23. The first-order valence-electron chi connectivity index (χ1n) is 7.79. The Hall–Kier alpha value is -2.76. The number of thioether (sulfide) groups is 1. The number of ketones is 1. The highest BCUT2D eigenvalue weighted by molar-refractivity contribution is 8.04. The van der Waals surface area contributed by atoms with E-state index in [1.165, 1.54) is 22.9 Å². The summed E-state index contributed by atoms with van der Waals surface area (Å²) in [6.45, 7) is 0. The highest BCUT2D eigenvalue weighted by atomic mass is 35.5. The molecule has 0 atom stereocenters. The quantitative estimate of drug-likeness (QED) is 0.569. The van der Waals surface area contributed by atoms with Crippen LogP contribution in [0.1, 0.15) is 20.9 Å². The van der Waals surface area contributed by atoms with E-state index in [-0.39, 0.29) is 17.5 Å². The molecule has 1 amide bonds. The van der Waals surface area contributed by atoms with Crippen LogP contribution in [0.25, 0.3) is 0 Å². The van der Waals surface area contributed by atoms with Gasteiger partial charge in [-0.25, -0.2) is 0 Å². The van der Waals surface area contributed by atoms with Crippen molar-refractivity contribution in [3.05, 3.63) is 94.4 Å². The molecule has 0 spiro atoms. The molecule has 0 unspecified atom stereocenters. The molecule has 2 heterocycles. The maximum absolute atomic E-state index is 12.9. The van der Waals surface area contributed by atoms with Gasteiger partial charge in [-0.2, -0.15) is 0 Å². The Morgan fingerprint density at radius 1 is 1.04 bits per heavy atom. The zero-order valence-corrected chi connectivity index (χ0v) is 15.0. The Morgan fingerprint density at radius 2 is 1.81 bits per heavy atom. The third-order valence-electron chi connectivity index (χ3n) is 3.88. The van der Waals surface area contributed by atoms with Crippen LogP contribution in [-0.2, 0) is 0 Å². The molecule has 0 saturated carbocycles. The largest absolute Gasteiger partial charge is 0.459 e. The molecule has 6 heteroatoms. The van der Waals surface area contributed by atoms with Crippen molar-refractivity contribution < 1.29 is 14.0 Å². The van der Waals surface area contributed by atoms with Crippen molar-refractivity contribution in [3.8, 4) is 0 Å². The smallest absolute Gasteiger partial charge is 0.298 e. The van der Waals surface area contributed by atoms with Crippen molar-refractivity contribution in [2.24, 2.45) is 0 Å². The van der Waals surface area contributed by atoms with E-state index in [2.05, 4.69) is 0 Å². The number of anilines is 1. The van der Waals surface area contributed by atoms with Gasteiger partial charge in [0, 0.05) is 27.4 Å². The number of fused-ring (bicyclic) bond motifs is 1. The Bertz CT molecular complexity index is 1010. The summed E-state index contributed by atoms with van der Waals surface area (Å²) in [6, 6.07) is 17.4. The van der Waals surface area contributed by atoms with Crippen LogP contribution in [-0.4, -0.2) is 11.7 Å². The molecule has 0 N–H and O–H groups in total. The Labute approximate surface area is 159 Å². The summed E-state index contributed by atoms with van der Waals surface area (Å²) in [6.07, 6.45) is 2.99. The van der Waals surface area contributed by atoms with Crippen LogP contribution < -0.4 is 4.90 Å². The van der Waals surface area contributed by atoms with Crippen LogP contribution in [0.2, 0.25) is 5.02 Å². The molecule has 1 aliphatic rings. The summed E-state index contributed by atoms with van der Waals surface area (Å²) >= 11 is 7.30. The minimum absolute atomic E-state index is 0.100. The maximum atomic E-state index is 12.9. The third-order valence-corrected chi connectivity index (χ3v) is 5.22. The lowest BCUT2D eigenvalue weighted by Crippen LogP contribution is -2.25. The highest BCUT2D eigenvalue weighted by Gasteiger charge is 2.28. The van der Waals surface area contributed by atoms with E-state index in [9.17, 15) is 9.59 Å². The number of furan rings is 1. The number of hydrogen-bond acceptors (Lipinski definition) is 4. The molecule has 1 aromatic heterocycles. The molecule has 0 saturated heterocycles. The van der Waals surface area contributed by atoms with Crippen molar-refractivity contribution in [2.45, 2.75) is 4.90 Å². The molecule has 3 aromatic rings. The van der Waals surface area contributed by atoms with Gasteiger partial charge in [-0.15, -0.1) is 0 Å². The zero-order chi connectivity index (χ0) is 18.1. The van der Waals surface area contributed by atoms with Gasteiger partial charge in [-0.1, -0.05) is 35.5 Å². The predicted octanol–water partition coefficient (Wildman–Crippen LogP) is 5.41. The first kappa shape index (κ1) is 16.7. The Balaban J connectivity index is 1.76. The Morgan fingerprint density at radius 3 is 2.50 bits per heavy atom. The van der Waals surface area contributed by atoms with Gasteiger partial charge >= 0.3 is 0 Å². The van der Waals surface area contributed by atoms with Gasteiger partial charge < -0.3 is 4.42 Å². The number of rotatable bonds is 3. The van der Waals surface area contributed by atoms with E-state index < -0.39 is 0 Å². The van der Waals surface area contributed by atoms with E-state index in [1.54, 1.807) is 48.7 Å². The topological polar surface area (TPSA) is 50.5 Å². The van der Waals surface area contributed by atoms with Crippen molar-refractivity contribution >= 4 is 40.7 Å². The summed E-state index contributed by atoms with van der Waals surface area (Å²) in [5, 5.41) is 0.561. The molecular formula is C20H12ClNO3S. The van der Waals surface area contributed by atoms with Crippen LogP contribution in [0.15, 0.2) is 87.3 Å². The average Bonchev–Trinajstić information content (AvgIpc) is 3.29. The second kappa shape index (κ2) is 6.86. The summed E-state index contributed by atoms with van der Waals surface area (Å²) in [4.78, 5) is 28.3. The first-order valence-corrected chi connectivity index (χ1v) is 8.99. The average molecular weight is 382 g/mol. The monoisotopic (exact) mass is 381 g/mol. The van der Waals surface area contributed by atoms with Crippen LogP contribution in [0.5, 0.6) is 0 Å². The number of nitrogens with zero attached hydrogens (tertiary/aromatic N) is 1. The van der Waals surface area contributed by atoms with Crippen molar-refractivity contribution in [1.29, 1.82) is 0 Å². The molecule has 4 nitrogen and oxygen atoms in total. The molecule has 2 aromatic carbocycles. The third kappa shape index (κ3) is 3.07. The predicted molar refractivity (Wildman–Crippen MR) is 102 cm³/mol. The van der Waals surface area contributed by atoms with Crippen molar-refractivity contribution in [3.63, 3.8) is 0 Å². The van der Waals surface area contributed by atoms with Gasteiger partial charge in [0.15, 0.2) is 5.76 Å². The van der Waals surface area contributed by atoms with Crippen LogP contribution in [0.4, 0.5) is 5.69 Å². The van der Waals surface area contributed by atoms with E-state index in [0.29, 0.717) is 21.2 Å².